The van der Waals surface area contributed by atoms with Crippen molar-refractivity contribution in [1.29, 1.82) is 5.26 Å². The fraction of sp³-hybridized carbons (Fsp3) is 0.304. The van der Waals surface area contributed by atoms with Crippen LogP contribution in [-0.4, -0.2) is 11.9 Å². The van der Waals surface area contributed by atoms with E-state index in [1.165, 1.54) is 5.56 Å². The first kappa shape index (κ1) is 20.4. The Morgan fingerprint density at radius 2 is 2.07 bits per heavy atom. The molecule has 2 aromatic rings. The van der Waals surface area contributed by atoms with Crippen LogP contribution in [0.2, 0.25) is 0 Å². The smallest absolute Gasteiger partial charge is 0.262 e. The van der Waals surface area contributed by atoms with Crippen LogP contribution in [0, 0.1) is 21.8 Å². The van der Waals surface area contributed by atoms with E-state index in [9.17, 15) is 10.1 Å². The van der Waals surface area contributed by atoms with Gasteiger partial charge in [-0.3, -0.25) is 4.79 Å². The predicted octanol–water partition coefficient (Wildman–Crippen LogP) is 5.14. The number of benzene rings is 2. The average Bonchev–Trinajstić information content (AvgIpc) is 3.18. The highest BCUT2D eigenvalue weighted by Crippen LogP contribution is 2.25. The summed E-state index contributed by atoms with van der Waals surface area (Å²) in [6, 6.07) is 16.1. The third-order valence-corrected chi connectivity index (χ3v) is 5.64. The maximum Gasteiger partial charge on any atom is 0.262 e. The van der Waals surface area contributed by atoms with Gasteiger partial charge in [-0.1, -0.05) is 48.7 Å². The molecule has 0 bridgehead atoms. The van der Waals surface area contributed by atoms with E-state index in [1.807, 2.05) is 36.4 Å². The van der Waals surface area contributed by atoms with Crippen molar-refractivity contribution in [2.24, 2.45) is 0 Å². The van der Waals surface area contributed by atoms with Gasteiger partial charge in [0.1, 0.15) is 24.0 Å². The first-order valence-corrected chi connectivity index (χ1v) is 10.5. The van der Waals surface area contributed by atoms with Gasteiger partial charge in [0.2, 0.25) is 0 Å². The summed E-state index contributed by atoms with van der Waals surface area (Å²) in [5.74, 6) is 0.498. The average molecular weight is 486 g/mol. The third-order valence-electron chi connectivity index (χ3n) is 4.80. The second-order valence-electron chi connectivity index (χ2n) is 7.09. The second kappa shape index (κ2) is 9.74. The minimum absolute atomic E-state index is 0.135. The molecule has 0 radical (unpaired) electrons. The lowest BCUT2D eigenvalue weighted by Crippen LogP contribution is -2.33. The molecule has 0 aromatic heterocycles. The number of amides is 1. The zero-order valence-corrected chi connectivity index (χ0v) is 18.0. The standard InChI is InChI=1S/C23H23IN2O2/c1-16-5-4-6-18(11-16)15-28-22-10-9-17(13-21(22)24)12-19(14-25)23(27)26-20-7-2-3-8-20/h4-6,9-13,20H,2-3,7-8,15H2,1H3,(H,26,27)/b19-12-. The highest BCUT2D eigenvalue weighted by molar-refractivity contribution is 14.1. The maximum absolute atomic E-state index is 12.3. The zero-order valence-electron chi connectivity index (χ0n) is 15.9. The molecule has 1 aliphatic carbocycles. The molecular weight excluding hydrogens is 463 g/mol. The first-order chi connectivity index (χ1) is 13.5. The minimum atomic E-state index is -0.288. The van der Waals surface area contributed by atoms with Gasteiger partial charge in [0.25, 0.3) is 5.91 Å². The molecule has 0 saturated heterocycles. The van der Waals surface area contributed by atoms with Gasteiger partial charge in [-0.05, 0) is 71.7 Å². The molecule has 1 saturated carbocycles. The van der Waals surface area contributed by atoms with Crippen LogP contribution in [0.1, 0.15) is 42.4 Å². The van der Waals surface area contributed by atoms with E-state index in [1.54, 1.807) is 6.08 Å². The molecule has 1 fully saturated rings. The molecule has 1 aliphatic rings. The first-order valence-electron chi connectivity index (χ1n) is 9.45. The molecule has 2 aromatic carbocycles. The number of hydrogen-bond acceptors (Lipinski definition) is 3. The van der Waals surface area contributed by atoms with Gasteiger partial charge in [-0.15, -0.1) is 0 Å². The lowest BCUT2D eigenvalue weighted by molar-refractivity contribution is -0.117. The minimum Gasteiger partial charge on any atom is -0.488 e. The Balaban J connectivity index is 1.67. The van der Waals surface area contributed by atoms with E-state index < -0.39 is 0 Å². The van der Waals surface area contributed by atoms with Crippen LogP contribution in [0.4, 0.5) is 0 Å². The Bertz CT molecular complexity index is 924. The lowest BCUT2D eigenvalue weighted by Gasteiger charge is -2.11. The van der Waals surface area contributed by atoms with Crippen LogP contribution >= 0.6 is 22.6 Å². The molecule has 0 heterocycles. The van der Waals surface area contributed by atoms with Crippen molar-refractivity contribution < 1.29 is 9.53 Å². The largest absolute Gasteiger partial charge is 0.488 e. The Hall–Kier alpha value is -2.33. The molecule has 1 N–H and O–H groups in total. The van der Waals surface area contributed by atoms with E-state index in [2.05, 4.69) is 47.0 Å². The quantitative estimate of drug-likeness (QED) is 0.349. The van der Waals surface area contributed by atoms with E-state index in [-0.39, 0.29) is 17.5 Å². The van der Waals surface area contributed by atoms with Crippen LogP contribution in [0.15, 0.2) is 48.0 Å². The number of aryl methyl sites for hydroxylation is 1. The van der Waals surface area contributed by atoms with Crippen molar-refractivity contribution in [3.05, 3.63) is 68.3 Å². The van der Waals surface area contributed by atoms with Crippen LogP contribution in [0.25, 0.3) is 6.08 Å². The van der Waals surface area contributed by atoms with Crippen LogP contribution in [0.3, 0.4) is 0 Å². The number of nitriles is 1. The number of ether oxygens (including phenoxy) is 1. The summed E-state index contributed by atoms with van der Waals surface area (Å²) in [5, 5.41) is 12.3. The van der Waals surface area contributed by atoms with Gasteiger partial charge >= 0.3 is 0 Å². The van der Waals surface area contributed by atoms with Crippen LogP contribution < -0.4 is 10.1 Å². The molecule has 1 amide bonds. The van der Waals surface area contributed by atoms with E-state index in [0.717, 1.165) is 46.1 Å². The fourth-order valence-corrected chi connectivity index (χ4v) is 4.03. The van der Waals surface area contributed by atoms with Crippen molar-refractivity contribution in [1.82, 2.24) is 5.32 Å². The number of nitrogens with one attached hydrogen (secondary N) is 1. The van der Waals surface area contributed by atoms with Gasteiger partial charge in [0.15, 0.2) is 0 Å². The second-order valence-corrected chi connectivity index (χ2v) is 8.25. The zero-order chi connectivity index (χ0) is 19.9. The summed E-state index contributed by atoms with van der Waals surface area (Å²) < 4.78 is 6.87. The molecule has 0 spiro atoms. The molecule has 3 rings (SSSR count). The van der Waals surface area contributed by atoms with Gasteiger partial charge in [-0.2, -0.15) is 5.26 Å². The highest BCUT2D eigenvalue weighted by atomic mass is 127. The number of halogens is 1. The number of carbonyl (C=O) groups is 1. The number of carbonyl (C=O) groups excluding carboxylic acids is 1. The molecule has 0 atom stereocenters. The summed E-state index contributed by atoms with van der Waals surface area (Å²) in [4.78, 5) is 12.3. The Morgan fingerprint density at radius 3 is 2.75 bits per heavy atom. The highest BCUT2D eigenvalue weighted by Gasteiger charge is 2.19. The number of nitrogens with zero attached hydrogens (tertiary/aromatic N) is 1. The summed E-state index contributed by atoms with van der Waals surface area (Å²) in [6.07, 6.45) is 5.90. The van der Waals surface area contributed by atoms with Crippen molar-refractivity contribution in [3.8, 4) is 11.8 Å². The number of hydrogen-bond donors (Lipinski definition) is 1. The summed E-state index contributed by atoms with van der Waals surface area (Å²) in [6.45, 7) is 2.56. The Morgan fingerprint density at radius 1 is 1.29 bits per heavy atom. The molecule has 28 heavy (non-hydrogen) atoms. The van der Waals surface area contributed by atoms with Crippen LogP contribution in [0.5, 0.6) is 5.75 Å². The molecule has 144 valence electrons. The fourth-order valence-electron chi connectivity index (χ4n) is 3.34. The normalized spacial score (nSPS) is 14.5. The lowest BCUT2D eigenvalue weighted by atomic mass is 10.1. The molecule has 4 nitrogen and oxygen atoms in total. The van der Waals surface area contributed by atoms with Gasteiger partial charge in [-0.25, -0.2) is 0 Å². The molecular formula is C23H23IN2O2. The Kier molecular flexibility index (Phi) is 7.10. The number of rotatable bonds is 6. The predicted molar refractivity (Wildman–Crippen MR) is 119 cm³/mol. The Labute approximate surface area is 179 Å². The van der Waals surface area contributed by atoms with Crippen molar-refractivity contribution >= 4 is 34.6 Å². The SMILES string of the molecule is Cc1cccc(COc2ccc(/C=C(/C#N)C(=O)NC3CCCC3)cc2I)c1. The summed E-state index contributed by atoms with van der Waals surface area (Å²) in [7, 11) is 0. The van der Waals surface area contributed by atoms with Crippen LogP contribution in [-0.2, 0) is 11.4 Å². The molecule has 5 heteroatoms. The van der Waals surface area contributed by atoms with Gasteiger partial charge < -0.3 is 10.1 Å². The summed E-state index contributed by atoms with van der Waals surface area (Å²) >= 11 is 2.21. The van der Waals surface area contributed by atoms with Crippen molar-refractivity contribution in [2.75, 3.05) is 0 Å². The van der Waals surface area contributed by atoms with E-state index in [0.29, 0.717) is 6.61 Å². The van der Waals surface area contributed by atoms with Crippen molar-refractivity contribution in [3.63, 3.8) is 0 Å². The van der Waals surface area contributed by atoms with E-state index in [4.69, 9.17) is 4.74 Å². The van der Waals surface area contributed by atoms with E-state index >= 15 is 0 Å². The van der Waals surface area contributed by atoms with Gasteiger partial charge in [0.05, 0.1) is 3.57 Å². The topological polar surface area (TPSA) is 62.1 Å². The van der Waals surface area contributed by atoms with Gasteiger partial charge in [0, 0.05) is 6.04 Å². The summed E-state index contributed by atoms with van der Waals surface area (Å²) in [5.41, 5.74) is 3.27. The molecule has 0 unspecified atom stereocenters. The molecule has 0 aliphatic heterocycles. The maximum atomic E-state index is 12.3. The third kappa shape index (κ3) is 5.59. The monoisotopic (exact) mass is 486 g/mol. The van der Waals surface area contributed by atoms with Crippen molar-refractivity contribution in [2.45, 2.75) is 45.3 Å².